The third kappa shape index (κ3) is 7.88. The zero-order chi connectivity index (χ0) is 7.49. The average Bonchev–Trinajstić information content (AvgIpc) is 1.59. The Hall–Kier alpha value is -0.120. The maximum Gasteiger partial charge on any atom is 0.0721 e. The van der Waals surface area contributed by atoms with Crippen molar-refractivity contribution in [3.8, 4) is 0 Å². The van der Waals surface area contributed by atoms with Crippen LogP contribution >= 0.6 is 0 Å². The second-order valence-corrected chi connectivity index (χ2v) is 3.27. The van der Waals surface area contributed by atoms with Crippen molar-refractivity contribution < 1.29 is 4.84 Å². The van der Waals surface area contributed by atoms with E-state index in [4.69, 9.17) is 0 Å². The minimum Gasteiger partial charge on any atom is -0.762 e. The van der Waals surface area contributed by atoms with Gasteiger partial charge in [0.15, 0.2) is 0 Å². The molecule has 0 radical (unpaired) electrons. The van der Waals surface area contributed by atoms with Crippen molar-refractivity contribution >= 4 is 0 Å². The number of hydrogen-bond donors (Lipinski definition) is 0. The molecule has 0 saturated carbocycles. The zero-order valence-corrected chi connectivity index (χ0v) is 6.47. The maximum atomic E-state index is 10.2. The normalized spacial score (nSPS) is 12.7. The lowest BCUT2D eigenvalue weighted by Crippen LogP contribution is -2.21. The molecule has 0 atom stereocenters. The summed E-state index contributed by atoms with van der Waals surface area (Å²) in [4.78, 5) is 4.68. The number of hydroxylamine groups is 2. The number of nitrogens with zero attached hydrogens (tertiary/aromatic N) is 1. The smallest absolute Gasteiger partial charge is 0.0721 e. The molecule has 3 heteroatoms. The van der Waals surface area contributed by atoms with Crippen LogP contribution in [0.3, 0.4) is 0 Å². The third-order valence-electron chi connectivity index (χ3n) is 0.679. The van der Waals surface area contributed by atoms with E-state index in [1.165, 1.54) is 7.05 Å². The molecule has 0 aromatic heterocycles. The van der Waals surface area contributed by atoms with Gasteiger partial charge in [0.05, 0.1) is 6.61 Å². The molecule has 0 aromatic rings. The van der Waals surface area contributed by atoms with Crippen molar-refractivity contribution in [3.63, 3.8) is 0 Å². The predicted molar refractivity (Wildman–Crippen MR) is 36.5 cm³/mol. The summed E-state index contributed by atoms with van der Waals surface area (Å²) in [5, 5.41) is 10.7. The maximum absolute atomic E-state index is 10.2. The van der Waals surface area contributed by atoms with Gasteiger partial charge in [-0.05, 0) is 12.5 Å². The highest BCUT2D eigenvalue weighted by atomic mass is 16.9. The molecule has 0 heterocycles. The topological polar surface area (TPSA) is 35.5 Å². The molecule has 3 nitrogen and oxygen atoms in total. The van der Waals surface area contributed by atoms with Gasteiger partial charge in [0.1, 0.15) is 0 Å². The molecule has 0 spiro atoms. The van der Waals surface area contributed by atoms with Crippen molar-refractivity contribution in [1.82, 2.24) is 5.23 Å². The second-order valence-electron chi connectivity index (χ2n) is 3.27. The Morgan fingerprint density at radius 2 is 1.89 bits per heavy atom. The fourth-order valence-electron chi connectivity index (χ4n) is 0.285. The van der Waals surface area contributed by atoms with Crippen LogP contribution in [0.25, 0.3) is 0 Å². The van der Waals surface area contributed by atoms with Crippen LogP contribution < -0.4 is 0 Å². The van der Waals surface area contributed by atoms with Crippen molar-refractivity contribution in [2.45, 2.75) is 20.8 Å². The molecule has 0 aliphatic rings. The molecule has 0 fully saturated rings. The van der Waals surface area contributed by atoms with Gasteiger partial charge in [0, 0.05) is 0 Å². The monoisotopic (exact) mass is 132 g/mol. The van der Waals surface area contributed by atoms with Crippen molar-refractivity contribution in [2.24, 2.45) is 5.41 Å². The molecule has 0 unspecified atom stereocenters. The lowest BCUT2D eigenvalue weighted by atomic mass is 9.99. The molecule has 9 heavy (non-hydrogen) atoms. The van der Waals surface area contributed by atoms with Crippen LogP contribution in [0.1, 0.15) is 20.8 Å². The summed E-state index contributed by atoms with van der Waals surface area (Å²) in [6.45, 7) is 6.50. The van der Waals surface area contributed by atoms with E-state index in [1.807, 2.05) is 20.8 Å². The summed E-state index contributed by atoms with van der Waals surface area (Å²) < 4.78 is 0. The van der Waals surface area contributed by atoms with Gasteiger partial charge in [-0.2, -0.15) is 0 Å². The molecule has 0 aromatic carbocycles. The van der Waals surface area contributed by atoms with E-state index in [0.29, 0.717) is 11.8 Å². The zero-order valence-electron chi connectivity index (χ0n) is 6.47. The summed E-state index contributed by atoms with van der Waals surface area (Å²) >= 11 is 0. The third-order valence-corrected chi connectivity index (χ3v) is 0.679. The fraction of sp³-hybridized carbons (Fsp3) is 1.00. The highest BCUT2D eigenvalue weighted by Gasteiger charge is 2.09. The number of hydrogen-bond acceptors (Lipinski definition) is 3. The molecular weight excluding hydrogens is 118 g/mol. The van der Waals surface area contributed by atoms with Crippen LogP contribution in [0.15, 0.2) is 0 Å². The SMILES string of the molecule is CN([O-])OCC(C)(C)C. The minimum absolute atomic E-state index is 0.0681. The Bertz CT molecular complexity index is 75.6. The standard InChI is InChI=1S/C6H14NO2/c1-6(2,3)5-9-7(4)8/h5H2,1-4H3/q-1. The van der Waals surface area contributed by atoms with E-state index in [0.717, 1.165) is 0 Å². The Labute approximate surface area is 56.1 Å². The highest BCUT2D eigenvalue weighted by Crippen LogP contribution is 2.12. The van der Waals surface area contributed by atoms with Gasteiger partial charge in [-0.1, -0.05) is 20.8 Å². The van der Waals surface area contributed by atoms with E-state index < -0.39 is 0 Å². The number of rotatable bonds is 2. The van der Waals surface area contributed by atoms with Crippen LogP contribution in [0.2, 0.25) is 0 Å². The first-order valence-corrected chi connectivity index (χ1v) is 2.95. The van der Waals surface area contributed by atoms with Gasteiger partial charge < -0.3 is 10.0 Å². The van der Waals surface area contributed by atoms with E-state index in [-0.39, 0.29) is 5.41 Å². The average molecular weight is 132 g/mol. The molecule has 0 saturated heterocycles. The van der Waals surface area contributed by atoms with E-state index in [1.54, 1.807) is 0 Å². The molecule has 56 valence electrons. The van der Waals surface area contributed by atoms with Crippen LogP contribution in [0.4, 0.5) is 0 Å². The Kier molecular flexibility index (Phi) is 3.11. The van der Waals surface area contributed by atoms with Gasteiger partial charge in [0.25, 0.3) is 0 Å². The molecule has 0 rings (SSSR count). The highest BCUT2D eigenvalue weighted by molar-refractivity contribution is 4.57. The largest absolute Gasteiger partial charge is 0.762 e. The van der Waals surface area contributed by atoms with Gasteiger partial charge in [-0.25, -0.2) is 0 Å². The Morgan fingerprint density at radius 1 is 1.44 bits per heavy atom. The summed E-state index contributed by atoms with van der Waals surface area (Å²) in [7, 11) is 1.34. The molecule has 0 amide bonds. The summed E-state index contributed by atoms with van der Waals surface area (Å²) in [6.07, 6.45) is 0. The summed E-state index contributed by atoms with van der Waals surface area (Å²) in [5.41, 5.74) is 0.0681. The first kappa shape index (κ1) is 8.88. The van der Waals surface area contributed by atoms with Crippen molar-refractivity contribution in [2.75, 3.05) is 13.7 Å². The van der Waals surface area contributed by atoms with E-state index >= 15 is 0 Å². The molecule has 0 bridgehead atoms. The van der Waals surface area contributed by atoms with Gasteiger partial charge in [-0.15, -0.1) is 0 Å². The van der Waals surface area contributed by atoms with Crippen LogP contribution in [0, 0.1) is 10.6 Å². The Morgan fingerprint density at radius 3 is 2.00 bits per heavy atom. The first-order valence-electron chi connectivity index (χ1n) is 2.95. The van der Waals surface area contributed by atoms with Crippen LogP contribution in [0.5, 0.6) is 0 Å². The van der Waals surface area contributed by atoms with Gasteiger partial charge in [0.2, 0.25) is 0 Å². The van der Waals surface area contributed by atoms with Crippen LogP contribution in [-0.2, 0) is 4.84 Å². The fourth-order valence-corrected chi connectivity index (χ4v) is 0.285. The molecule has 0 aliphatic heterocycles. The second kappa shape index (κ2) is 3.15. The summed E-state index contributed by atoms with van der Waals surface area (Å²) in [6, 6.07) is 0. The predicted octanol–water partition coefficient (Wildman–Crippen LogP) is 1.39. The van der Waals surface area contributed by atoms with Crippen molar-refractivity contribution in [3.05, 3.63) is 5.21 Å². The quantitative estimate of drug-likeness (QED) is 0.533. The van der Waals surface area contributed by atoms with Gasteiger partial charge >= 0.3 is 0 Å². The minimum atomic E-state index is 0.0681. The molecular formula is C6H14NO2-. The lowest BCUT2D eigenvalue weighted by molar-refractivity contribution is -0.125. The van der Waals surface area contributed by atoms with E-state index in [9.17, 15) is 5.21 Å². The lowest BCUT2D eigenvalue weighted by Gasteiger charge is -2.26. The molecule has 0 N–H and O–H groups in total. The van der Waals surface area contributed by atoms with Crippen LogP contribution in [-0.4, -0.2) is 18.9 Å². The Balaban J connectivity index is 3.28. The van der Waals surface area contributed by atoms with Gasteiger partial charge in [-0.3, -0.25) is 5.23 Å². The van der Waals surface area contributed by atoms with E-state index in [2.05, 4.69) is 4.84 Å². The summed E-state index contributed by atoms with van der Waals surface area (Å²) in [5.74, 6) is 0. The van der Waals surface area contributed by atoms with Crippen molar-refractivity contribution in [1.29, 1.82) is 0 Å². The first-order chi connectivity index (χ1) is 3.92. The molecule has 0 aliphatic carbocycles.